The number of fused-ring (bicyclic) bond motifs is 1. The molecule has 3 aromatic heterocycles. The molecule has 0 amide bonds. The van der Waals surface area contributed by atoms with Gasteiger partial charge < -0.3 is 9.47 Å². The number of hydrogen-bond donors (Lipinski definition) is 0. The van der Waals surface area contributed by atoms with Gasteiger partial charge in [0.25, 0.3) is 0 Å². The van der Waals surface area contributed by atoms with Gasteiger partial charge in [-0.2, -0.15) is 4.52 Å². The number of likely N-dealkylation sites (N-methyl/N-ethyl adjacent to an activating group) is 1. The van der Waals surface area contributed by atoms with Gasteiger partial charge in [-0.3, -0.25) is 4.90 Å². The molecule has 0 spiro atoms. The minimum Gasteiger partial charge on any atom is -0.352 e. The van der Waals surface area contributed by atoms with E-state index in [1.807, 2.05) is 36.2 Å². The van der Waals surface area contributed by atoms with E-state index in [2.05, 4.69) is 57.4 Å². The summed E-state index contributed by atoms with van der Waals surface area (Å²) < 4.78 is 3.97. The minimum absolute atomic E-state index is 0.0888. The third-order valence-corrected chi connectivity index (χ3v) is 5.37. The largest absolute Gasteiger partial charge is 0.352 e. The maximum atomic E-state index is 4.80. The predicted molar refractivity (Wildman–Crippen MR) is 105 cm³/mol. The highest BCUT2D eigenvalue weighted by molar-refractivity contribution is 5.48. The molecule has 144 valence electrons. The number of nitrogens with zero attached hydrogens (tertiary/aromatic N) is 8. The summed E-state index contributed by atoms with van der Waals surface area (Å²) in [5.41, 5.74) is 1.98. The molecule has 8 heteroatoms. The second-order valence-corrected chi connectivity index (χ2v) is 8.52. The van der Waals surface area contributed by atoms with Gasteiger partial charge in [0, 0.05) is 56.5 Å². The van der Waals surface area contributed by atoms with Crippen molar-refractivity contribution >= 4 is 11.5 Å². The third kappa shape index (κ3) is 3.41. The van der Waals surface area contributed by atoms with Crippen LogP contribution in [0.25, 0.3) is 5.65 Å². The molecule has 8 nitrogen and oxygen atoms in total. The zero-order chi connectivity index (χ0) is 19.2. The van der Waals surface area contributed by atoms with Crippen LogP contribution in [-0.2, 0) is 18.9 Å². The average Bonchev–Trinajstić information content (AvgIpc) is 3.16. The lowest BCUT2D eigenvalue weighted by Gasteiger charge is -2.44. The van der Waals surface area contributed by atoms with E-state index >= 15 is 0 Å². The molecule has 0 bridgehead atoms. The second-order valence-electron chi connectivity index (χ2n) is 8.52. The SMILES string of the molecule is CN(CCc1cncn1C)C1CN(c2ccc3nnc(C(C)(C)C)n3n2)C1. The Morgan fingerprint density at radius 3 is 2.63 bits per heavy atom. The lowest BCUT2D eigenvalue weighted by atomic mass is 9.96. The van der Waals surface area contributed by atoms with E-state index in [-0.39, 0.29) is 5.41 Å². The summed E-state index contributed by atoms with van der Waals surface area (Å²) >= 11 is 0. The van der Waals surface area contributed by atoms with Crippen molar-refractivity contribution in [2.75, 3.05) is 31.6 Å². The standard InChI is InChI=1S/C19H28N8/c1-19(2,3)18-22-21-16-6-7-17(23-27(16)18)26-11-15(12-26)24(4)9-8-14-10-20-13-25(14)5/h6-7,10,13,15H,8-9,11-12H2,1-5H3. The summed E-state index contributed by atoms with van der Waals surface area (Å²) in [6.07, 6.45) is 4.83. The Morgan fingerprint density at radius 2 is 1.96 bits per heavy atom. The fourth-order valence-corrected chi connectivity index (χ4v) is 3.44. The number of hydrogen-bond acceptors (Lipinski definition) is 6. The lowest BCUT2D eigenvalue weighted by Crippen LogP contribution is -2.59. The molecule has 0 aliphatic carbocycles. The molecule has 27 heavy (non-hydrogen) atoms. The molecule has 1 aliphatic rings. The topological polar surface area (TPSA) is 67.4 Å². The van der Waals surface area contributed by atoms with E-state index in [4.69, 9.17) is 5.10 Å². The highest BCUT2D eigenvalue weighted by atomic mass is 15.4. The minimum atomic E-state index is -0.0888. The van der Waals surface area contributed by atoms with E-state index in [1.165, 1.54) is 5.69 Å². The highest BCUT2D eigenvalue weighted by Crippen LogP contribution is 2.24. The van der Waals surface area contributed by atoms with Crippen molar-refractivity contribution in [1.29, 1.82) is 0 Å². The van der Waals surface area contributed by atoms with Crippen molar-refractivity contribution < 1.29 is 0 Å². The highest BCUT2D eigenvalue weighted by Gasteiger charge is 2.31. The number of rotatable bonds is 5. The summed E-state index contributed by atoms with van der Waals surface area (Å²) in [7, 11) is 4.25. The van der Waals surface area contributed by atoms with Crippen molar-refractivity contribution in [3.8, 4) is 0 Å². The molecule has 0 radical (unpaired) electrons. The molecule has 0 N–H and O–H groups in total. The van der Waals surface area contributed by atoms with Gasteiger partial charge in [-0.1, -0.05) is 20.8 Å². The average molecular weight is 368 g/mol. The van der Waals surface area contributed by atoms with Crippen LogP contribution in [0, 0.1) is 0 Å². The molecule has 4 heterocycles. The molecule has 0 unspecified atom stereocenters. The summed E-state index contributed by atoms with van der Waals surface area (Å²) in [5, 5.41) is 13.4. The monoisotopic (exact) mass is 368 g/mol. The van der Waals surface area contributed by atoms with Crippen molar-refractivity contribution in [1.82, 2.24) is 34.3 Å². The molecule has 1 fully saturated rings. The molecule has 1 aliphatic heterocycles. The molecule has 0 aromatic carbocycles. The van der Waals surface area contributed by atoms with Crippen LogP contribution in [0.15, 0.2) is 24.7 Å². The Morgan fingerprint density at radius 1 is 1.19 bits per heavy atom. The molecule has 0 atom stereocenters. The lowest BCUT2D eigenvalue weighted by molar-refractivity contribution is 0.205. The normalized spacial score (nSPS) is 15.7. The van der Waals surface area contributed by atoms with Crippen LogP contribution in [0.1, 0.15) is 32.3 Å². The van der Waals surface area contributed by atoms with Gasteiger partial charge in [0.1, 0.15) is 5.82 Å². The van der Waals surface area contributed by atoms with E-state index < -0.39 is 0 Å². The number of aryl methyl sites for hydroxylation is 1. The molecular formula is C19H28N8. The molecule has 0 saturated carbocycles. The molecular weight excluding hydrogens is 340 g/mol. The van der Waals surface area contributed by atoms with Crippen LogP contribution in [-0.4, -0.2) is 67.0 Å². The van der Waals surface area contributed by atoms with Gasteiger partial charge in [-0.05, 0) is 19.2 Å². The van der Waals surface area contributed by atoms with Crippen LogP contribution >= 0.6 is 0 Å². The maximum absolute atomic E-state index is 4.80. The van der Waals surface area contributed by atoms with Gasteiger partial charge in [-0.25, -0.2) is 4.98 Å². The van der Waals surface area contributed by atoms with E-state index in [1.54, 1.807) is 0 Å². The summed E-state index contributed by atoms with van der Waals surface area (Å²) in [5.74, 6) is 1.88. The van der Waals surface area contributed by atoms with E-state index in [0.29, 0.717) is 6.04 Å². The smallest absolute Gasteiger partial charge is 0.178 e. The molecule has 4 rings (SSSR count). The summed E-state index contributed by atoms with van der Waals surface area (Å²) in [6, 6.07) is 4.60. The van der Waals surface area contributed by atoms with Crippen LogP contribution < -0.4 is 4.90 Å². The summed E-state index contributed by atoms with van der Waals surface area (Å²) in [6.45, 7) is 9.42. The summed E-state index contributed by atoms with van der Waals surface area (Å²) in [4.78, 5) is 8.94. The first kappa shape index (κ1) is 17.9. The van der Waals surface area contributed by atoms with Crippen LogP contribution in [0.5, 0.6) is 0 Å². The van der Waals surface area contributed by atoms with Crippen molar-refractivity contribution in [3.05, 3.63) is 36.2 Å². The number of imidazole rings is 1. The van der Waals surface area contributed by atoms with Crippen LogP contribution in [0.2, 0.25) is 0 Å². The van der Waals surface area contributed by atoms with Gasteiger partial charge in [0.05, 0.1) is 6.33 Å². The zero-order valence-corrected chi connectivity index (χ0v) is 16.8. The Labute approximate surface area is 159 Å². The zero-order valence-electron chi connectivity index (χ0n) is 16.8. The second kappa shape index (κ2) is 6.60. The first-order chi connectivity index (χ1) is 12.8. The number of anilines is 1. The maximum Gasteiger partial charge on any atom is 0.178 e. The van der Waals surface area contributed by atoms with Crippen molar-refractivity contribution in [2.45, 2.75) is 38.6 Å². The van der Waals surface area contributed by atoms with Crippen LogP contribution in [0.3, 0.4) is 0 Å². The van der Waals surface area contributed by atoms with Crippen molar-refractivity contribution in [3.63, 3.8) is 0 Å². The first-order valence-corrected chi connectivity index (χ1v) is 9.46. The van der Waals surface area contributed by atoms with Gasteiger partial charge >= 0.3 is 0 Å². The Bertz CT molecular complexity index is 929. The first-order valence-electron chi connectivity index (χ1n) is 9.46. The van der Waals surface area contributed by atoms with E-state index in [0.717, 1.165) is 43.3 Å². The fourth-order valence-electron chi connectivity index (χ4n) is 3.44. The molecule has 3 aromatic rings. The van der Waals surface area contributed by atoms with E-state index in [9.17, 15) is 0 Å². The predicted octanol–water partition coefficient (Wildman–Crippen LogP) is 1.52. The Hall–Kier alpha value is -2.48. The van der Waals surface area contributed by atoms with Gasteiger partial charge in [0.15, 0.2) is 11.5 Å². The van der Waals surface area contributed by atoms with Gasteiger partial charge in [0.2, 0.25) is 0 Å². The number of aromatic nitrogens is 6. The Kier molecular flexibility index (Phi) is 4.38. The van der Waals surface area contributed by atoms with Crippen molar-refractivity contribution in [2.24, 2.45) is 7.05 Å². The molecule has 1 saturated heterocycles. The quantitative estimate of drug-likeness (QED) is 0.680. The van der Waals surface area contributed by atoms with Gasteiger partial charge in [-0.15, -0.1) is 15.3 Å². The fraction of sp³-hybridized carbons (Fsp3) is 0.579. The Balaban J connectivity index is 1.39. The van der Waals surface area contributed by atoms with Crippen LogP contribution in [0.4, 0.5) is 5.82 Å². The third-order valence-electron chi connectivity index (χ3n) is 5.37.